The van der Waals surface area contributed by atoms with E-state index in [1.165, 1.54) is 6.07 Å². The number of hydrogen-bond acceptors (Lipinski definition) is 3. The lowest BCUT2D eigenvalue weighted by molar-refractivity contribution is -0.116. The highest BCUT2D eigenvalue weighted by atomic mass is 32.2. The van der Waals surface area contributed by atoms with Gasteiger partial charge in [-0.1, -0.05) is 6.07 Å². The molecule has 0 atom stereocenters. The van der Waals surface area contributed by atoms with E-state index in [1.54, 1.807) is 0 Å². The molecule has 0 aliphatic carbocycles. The summed E-state index contributed by atoms with van der Waals surface area (Å²) in [5, 5.41) is 2.43. The van der Waals surface area contributed by atoms with Gasteiger partial charge in [0.15, 0.2) is 0 Å². The number of nitrogens with one attached hydrogen (secondary N) is 1. The average molecular weight is 303 g/mol. The number of carbonyl (C=O) groups is 1. The largest absolute Gasteiger partial charge is 0.353 e. The highest BCUT2D eigenvalue weighted by Gasteiger charge is 2.05. The molecule has 110 valence electrons. The Labute approximate surface area is 116 Å². The lowest BCUT2D eigenvalue weighted by Gasteiger charge is -2.02. The summed E-state index contributed by atoms with van der Waals surface area (Å²) >= 11 is 0. The number of amides is 1. The molecule has 0 aliphatic rings. The second-order valence-electron chi connectivity index (χ2n) is 4.24. The summed E-state index contributed by atoms with van der Waals surface area (Å²) in [6.45, 7) is 0.177. The van der Waals surface area contributed by atoms with Crippen LogP contribution in [-0.4, -0.2) is 32.9 Å². The van der Waals surface area contributed by atoms with Crippen molar-refractivity contribution < 1.29 is 22.0 Å². The molecule has 0 bridgehead atoms. The van der Waals surface area contributed by atoms with Gasteiger partial charge in [0.1, 0.15) is 21.5 Å². The molecular weight excluding hydrogens is 288 g/mol. The van der Waals surface area contributed by atoms with E-state index in [2.05, 4.69) is 5.32 Å². The smallest absolute Gasteiger partial charge is 0.244 e. The number of halogens is 2. The molecule has 0 saturated carbocycles. The second-order valence-corrected chi connectivity index (χ2v) is 6.50. The Hall–Kier alpha value is -1.76. The number of sulfone groups is 1. The standard InChI is InChI=1S/C13H15F2NO3S/c1-20(18,19)9-3-8-16-13(17)7-6-10-11(14)4-2-5-12(10)15/h2,4-7H,3,8-9H2,1H3,(H,16,17)/b7-6+. The van der Waals surface area contributed by atoms with Crippen LogP contribution in [0.2, 0.25) is 0 Å². The summed E-state index contributed by atoms with van der Waals surface area (Å²) in [5.41, 5.74) is -0.293. The maximum atomic E-state index is 13.2. The highest BCUT2D eigenvalue weighted by Crippen LogP contribution is 2.13. The van der Waals surface area contributed by atoms with Crippen LogP contribution in [0.5, 0.6) is 0 Å². The molecule has 0 spiro atoms. The van der Waals surface area contributed by atoms with Crippen molar-refractivity contribution in [2.24, 2.45) is 0 Å². The maximum Gasteiger partial charge on any atom is 0.244 e. The van der Waals surface area contributed by atoms with Crippen LogP contribution in [0.3, 0.4) is 0 Å². The molecule has 0 fully saturated rings. The SMILES string of the molecule is CS(=O)(=O)CCCNC(=O)/C=C/c1c(F)cccc1F. The molecule has 7 heteroatoms. The van der Waals surface area contributed by atoms with Gasteiger partial charge in [-0.2, -0.15) is 0 Å². The summed E-state index contributed by atoms with van der Waals surface area (Å²) in [6.07, 6.45) is 3.43. The third-order valence-electron chi connectivity index (χ3n) is 2.39. The zero-order chi connectivity index (χ0) is 15.2. The summed E-state index contributed by atoms with van der Waals surface area (Å²) < 4.78 is 48.2. The summed E-state index contributed by atoms with van der Waals surface area (Å²) in [5.74, 6) is -2.09. The first-order valence-corrected chi connectivity index (χ1v) is 7.93. The van der Waals surface area contributed by atoms with Gasteiger partial charge < -0.3 is 5.32 Å². The maximum absolute atomic E-state index is 13.2. The Kier molecular flexibility index (Phi) is 5.82. The first-order chi connectivity index (χ1) is 9.29. The molecule has 0 aliphatic heterocycles. The van der Waals surface area contributed by atoms with E-state index in [4.69, 9.17) is 0 Å². The first-order valence-electron chi connectivity index (χ1n) is 5.87. The summed E-state index contributed by atoms with van der Waals surface area (Å²) in [4.78, 5) is 11.4. The monoisotopic (exact) mass is 303 g/mol. The predicted molar refractivity (Wildman–Crippen MR) is 72.7 cm³/mol. The Morgan fingerprint density at radius 1 is 1.30 bits per heavy atom. The topological polar surface area (TPSA) is 63.2 Å². The van der Waals surface area contributed by atoms with Crippen LogP contribution in [0.4, 0.5) is 8.78 Å². The van der Waals surface area contributed by atoms with Gasteiger partial charge in [-0.25, -0.2) is 17.2 Å². The van der Waals surface area contributed by atoms with E-state index in [1.807, 2.05) is 0 Å². The minimum Gasteiger partial charge on any atom is -0.353 e. The Balaban J connectivity index is 2.48. The van der Waals surface area contributed by atoms with E-state index < -0.39 is 27.4 Å². The van der Waals surface area contributed by atoms with Crippen LogP contribution in [0, 0.1) is 11.6 Å². The van der Waals surface area contributed by atoms with Gasteiger partial charge in [-0.05, 0) is 24.6 Å². The quantitative estimate of drug-likeness (QED) is 0.640. The minimum absolute atomic E-state index is 0.0288. The fraction of sp³-hybridized carbons (Fsp3) is 0.308. The van der Waals surface area contributed by atoms with Crippen LogP contribution >= 0.6 is 0 Å². The minimum atomic E-state index is -3.06. The molecule has 0 aromatic heterocycles. The van der Waals surface area contributed by atoms with Crippen molar-refractivity contribution in [3.8, 4) is 0 Å². The fourth-order valence-corrected chi connectivity index (χ4v) is 2.10. The Morgan fingerprint density at radius 2 is 1.90 bits per heavy atom. The van der Waals surface area contributed by atoms with Crippen molar-refractivity contribution in [3.05, 3.63) is 41.5 Å². The number of benzene rings is 1. The van der Waals surface area contributed by atoms with E-state index in [9.17, 15) is 22.0 Å². The fourth-order valence-electron chi connectivity index (χ4n) is 1.43. The van der Waals surface area contributed by atoms with Gasteiger partial charge in [0.25, 0.3) is 0 Å². The molecule has 1 N–H and O–H groups in total. The highest BCUT2D eigenvalue weighted by molar-refractivity contribution is 7.90. The van der Waals surface area contributed by atoms with Crippen LogP contribution in [0.15, 0.2) is 24.3 Å². The molecule has 0 radical (unpaired) electrons. The van der Waals surface area contributed by atoms with Gasteiger partial charge in [0.2, 0.25) is 5.91 Å². The number of rotatable bonds is 6. The summed E-state index contributed by atoms with van der Waals surface area (Å²) in [7, 11) is -3.06. The molecule has 20 heavy (non-hydrogen) atoms. The van der Waals surface area contributed by atoms with Crippen LogP contribution in [0.25, 0.3) is 6.08 Å². The third kappa shape index (κ3) is 5.92. The molecule has 0 heterocycles. The van der Waals surface area contributed by atoms with E-state index in [-0.39, 0.29) is 24.3 Å². The molecule has 1 amide bonds. The van der Waals surface area contributed by atoms with Crippen LogP contribution in [-0.2, 0) is 14.6 Å². The van der Waals surface area contributed by atoms with Gasteiger partial charge in [-0.15, -0.1) is 0 Å². The third-order valence-corrected chi connectivity index (χ3v) is 3.42. The van der Waals surface area contributed by atoms with E-state index >= 15 is 0 Å². The van der Waals surface area contributed by atoms with Crippen LogP contribution in [0.1, 0.15) is 12.0 Å². The van der Waals surface area contributed by atoms with Crippen molar-refractivity contribution >= 4 is 21.8 Å². The first kappa shape index (κ1) is 16.3. The average Bonchev–Trinajstić information content (AvgIpc) is 2.33. The second kappa shape index (κ2) is 7.14. The molecule has 0 unspecified atom stereocenters. The Morgan fingerprint density at radius 3 is 2.45 bits per heavy atom. The van der Waals surface area contributed by atoms with Gasteiger partial charge in [-0.3, -0.25) is 4.79 Å². The van der Waals surface area contributed by atoms with Crippen molar-refractivity contribution in [1.82, 2.24) is 5.32 Å². The number of carbonyl (C=O) groups excluding carboxylic acids is 1. The zero-order valence-electron chi connectivity index (χ0n) is 10.9. The molecule has 0 saturated heterocycles. The molecule has 1 aromatic carbocycles. The summed E-state index contributed by atoms with van der Waals surface area (Å²) in [6, 6.07) is 3.41. The van der Waals surface area contributed by atoms with Crippen molar-refractivity contribution in [2.75, 3.05) is 18.6 Å². The van der Waals surface area contributed by atoms with Gasteiger partial charge >= 0.3 is 0 Å². The predicted octanol–water partition coefficient (Wildman–Crippen LogP) is 1.53. The van der Waals surface area contributed by atoms with Crippen molar-refractivity contribution in [3.63, 3.8) is 0 Å². The normalized spacial score (nSPS) is 11.8. The van der Waals surface area contributed by atoms with Crippen molar-refractivity contribution in [1.29, 1.82) is 0 Å². The molecule has 1 rings (SSSR count). The molecule has 1 aromatic rings. The van der Waals surface area contributed by atoms with Gasteiger partial charge in [0, 0.05) is 24.4 Å². The van der Waals surface area contributed by atoms with Crippen LogP contribution < -0.4 is 5.32 Å². The molecule has 4 nitrogen and oxygen atoms in total. The zero-order valence-corrected chi connectivity index (χ0v) is 11.7. The lowest BCUT2D eigenvalue weighted by Crippen LogP contribution is -2.23. The lowest BCUT2D eigenvalue weighted by atomic mass is 10.2. The van der Waals surface area contributed by atoms with Gasteiger partial charge in [0.05, 0.1) is 5.75 Å². The van der Waals surface area contributed by atoms with E-state index in [0.29, 0.717) is 0 Å². The Bertz CT molecular complexity index is 592. The molecular formula is C13H15F2NO3S. The number of hydrogen-bond donors (Lipinski definition) is 1. The van der Waals surface area contributed by atoms with E-state index in [0.717, 1.165) is 30.5 Å². The van der Waals surface area contributed by atoms with Crippen molar-refractivity contribution in [2.45, 2.75) is 6.42 Å².